The lowest BCUT2D eigenvalue weighted by Crippen LogP contribution is -2.35. The predicted octanol–water partition coefficient (Wildman–Crippen LogP) is 4.90. The highest BCUT2D eigenvalue weighted by atomic mass is 35.5. The van der Waals surface area contributed by atoms with Crippen molar-refractivity contribution in [3.8, 4) is 17.2 Å². The summed E-state index contributed by atoms with van der Waals surface area (Å²) in [5.41, 5.74) is 6.04. The van der Waals surface area contributed by atoms with E-state index in [1.165, 1.54) is 29.3 Å². The van der Waals surface area contributed by atoms with E-state index in [-0.39, 0.29) is 17.2 Å². The quantitative estimate of drug-likeness (QED) is 0.213. The third-order valence-corrected chi connectivity index (χ3v) is 6.20. The highest BCUT2D eigenvalue weighted by Gasteiger charge is 2.34. The minimum Gasteiger partial charge on any atom is -0.493 e. The van der Waals surface area contributed by atoms with Gasteiger partial charge in [0, 0.05) is 0 Å². The number of hydrazine groups is 1. The molecule has 0 radical (unpaired) electrons. The molecule has 1 aliphatic rings. The fraction of sp³-hybridized carbons (Fsp3) is 0.241. The van der Waals surface area contributed by atoms with E-state index in [0.29, 0.717) is 42.6 Å². The van der Waals surface area contributed by atoms with Crippen LogP contribution in [0.2, 0.25) is 5.02 Å². The van der Waals surface area contributed by atoms with Crippen molar-refractivity contribution in [2.45, 2.75) is 13.8 Å². The van der Waals surface area contributed by atoms with Crippen molar-refractivity contribution in [3.63, 3.8) is 0 Å². The number of halogens is 1. The second-order valence-corrected chi connectivity index (χ2v) is 8.97. The summed E-state index contributed by atoms with van der Waals surface area (Å²) in [4.78, 5) is 25.3. The lowest BCUT2D eigenvalue weighted by atomic mass is 10.1. The molecule has 1 fully saturated rings. The van der Waals surface area contributed by atoms with Crippen molar-refractivity contribution >= 4 is 35.2 Å². The Labute approximate surface area is 226 Å². The van der Waals surface area contributed by atoms with Crippen LogP contribution in [0.1, 0.15) is 16.7 Å². The van der Waals surface area contributed by atoms with Gasteiger partial charge in [0.2, 0.25) is 0 Å². The Kier molecular flexibility index (Phi) is 8.89. The first-order valence-corrected chi connectivity index (χ1v) is 12.5. The van der Waals surface area contributed by atoms with Gasteiger partial charge in [0.05, 0.1) is 31.0 Å². The summed E-state index contributed by atoms with van der Waals surface area (Å²) in [7, 11) is 1.49. The van der Waals surface area contributed by atoms with Crippen molar-refractivity contribution in [1.82, 2.24) is 5.43 Å². The molecular weight excluding hydrogens is 508 g/mol. The van der Waals surface area contributed by atoms with E-state index in [9.17, 15) is 9.59 Å². The number of hydrogen-bond donors (Lipinski definition) is 1. The lowest BCUT2D eigenvalue weighted by Gasteiger charge is -2.14. The average molecular weight is 537 g/mol. The van der Waals surface area contributed by atoms with Gasteiger partial charge >= 0.3 is 0 Å². The average Bonchev–Trinajstić information content (AvgIpc) is 3.19. The molecule has 198 valence electrons. The van der Waals surface area contributed by atoms with Crippen LogP contribution in [0.4, 0.5) is 5.69 Å². The van der Waals surface area contributed by atoms with Crippen molar-refractivity contribution in [2.75, 3.05) is 38.5 Å². The summed E-state index contributed by atoms with van der Waals surface area (Å²) < 4.78 is 22.5. The van der Waals surface area contributed by atoms with Crippen molar-refractivity contribution in [3.05, 3.63) is 87.9 Å². The van der Waals surface area contributed by atoms with Gasteiger partial charge in [0.15, 0.2) is 11.5 Å². The minimum atomic E-state index is -0.507. The summed E-state index contributed by atoms with van der Waals surface area (Å²) in [5.74, 6) is 0.555. The minimum absolute atomic E-state index is 0.0166. The molecule has 3 aromatic rings. The molecule has 4 rings (SSSR count). The van der Waals surface area contributed by atoms with Gasteiger partial charge < -0.3 is 18.9 Å². The van der Waals surface area contributed by atoms with Crippen LogP contribution in [0.25, 0.3) is 6.08 Å². The molecule has 0 atom stereocenters. The van der Waals surface area contributed by atoms with Gasteiger partial charge in [-0.3, -0.25) is 15.0 Å². The number of amides is 2. The maximum Gasteiger partial charge on any atom is 0.282 e. The molecule has 38 heavy (non-hydrogen) atoms. The third-order valence-electron chi connectivity index (χ3n) is 5.92. The topological polar surface area (TPSA) is 86.3 Å². The van der Waals surface area contributed by atoms with E-state index < -0.39 is 11.8 Å². The number of benzene rings is 3. The van der Waals surface area contributed by atoms with Crippen LogP contribution in [0.3, 0.4) is 0 Å². The molecule has 0 bridgehead atoms. The third kappa shape index (κ3) is 6.45. The fourth-order valence-corrected chi connectivity index (χ4v) is 4.05. The molecule has 0 saturated carbocycles. The molecule has 1 aliphatic heterocycles. The highest BCUT2D eigenvalue weighted by Crippen LogP contribution is 2.37. The molecule has 3 aromatic carbocycles. The van der Waals surface area contributed by atoms with E-state index >= 15 is 0 Å². The zero-order valence-electron chi connectivity index (χ0n) is 21.5. The molecule has 0 spiro atoms. The maximum absolute atomic E-state index is 12.8. The van der Waals surface area contributed by atoms with Crippen molar-refractivity contribution < 1.29 is 28.5 Å². The van der Waals surface area contributed by atoms with Gasteiger partial charge in [-0.25, -0.2) is 5.01 Å². The van der Waals surface area contributed by atoms with Crippen molar-refractivity contribution in [2.24, 2.45) is 0 Å². The number of aryl methyl sites for hydroxylation is 2. The number of methoxy groups -OCH3 is 1. The number of carbonyl (C=O) groups excluding carboxylic acids is 2. The van der Waals surface area contributed by atoms with Crippen LogP contribution in [0.15, 0.2) is 66.2 Å². The van der Waals surface area contributed by atoms with Gasteiger partial charge in [-0.05, 0) is 73.0 Å². The Morgan fingerprint density at radius 1 is 0.895 bits per heavy atom. The second kappa shape index (κ2) is 12.5. The Morgan fingerprint density at radius 2 is 1.63 bits per heavy atom. The number of ether oxygens (including phenoxy) is 4. The SMILES string of the molecule is COc1cc(C=C2C(=O)NN(c3ccccc3)C2=O)cc(Cl)c1OCCOCCOc1ccc(C)c(C)c1. The van der Waals surface area contributed by atoms with Crippen LogP contribution in [0.5, 0.6) is 17.2 Å². The fourth-order valence-electron chi connectivity index (χ4n) is 3.77. The molecule has 1 saturated heterocycles. The molecule has 9 heteroatoms. The van der Waals surface area contributed by atoms with E-state index in [1.54, 1.807) is 36.4 Å². The zero-order chi connectivity index (χ0) is 27.1. The Balaban J connectivity index is 1.32. The summed E-state index contributed by atoms with van der Waals surface area (Å²) in [6.45, 7) is 5.50. The van der Waals surface area contributed by atoms with Crippen molar-refractivity contribution in [1.29, 1.82) is 0 Å². The first-order chi connectivity index (χ1) is 18.4. The van der Waals surface area contributed by atoms with Gasteiger partial charge in [-0.15, -0.1) is 0 Å². The predicted molar refractivity (Wildman–Crippen MR) is 146 cm³/mol. The Bertz CT molecular complexity index is 1340. The monoisotopic (exact) mass is 536 g/mol. The normalized spacial score (nSPS) is 14.1. The zero-order valence-corrected chi connectivity index (χ0v) is 22.2. The van der Waals surface area contributed by atoms with Crippen LogP contribution in [0, 0.1) is 13.8 Å². The smallest absolute Gasteiger partial charge is 0.282 e. The molecule has 0 unspecified atom stereocenters. The van der Waals surface area contributed by atoms with Gasteiger partial charge in [-0.2, -0.15) is 0 Å². The number of carbonyl (C=O) groups is 2. The summed E-state index contributed by atoms with van der Waals surface area (Å²) in [5, 5.41) is 1.48. The summed E-state index contributed by atoms with van der Waals surface area (Å²) in [6.07, 6.45) is 1.47. The van der Waals surface area contributed by atoms with Gasteiger partial charge in [-0.1, -0.05) is 35.9 Å². The molecule has 1 heterocycles. The highest BCUT2D eigenvalue weighted by molar-refractivity contribution is 6.33. The van der Waals surface area contributed by atoms with Gasteiger partial charge in [0.25, 0.3) is 11.8 Å². The molecule has 2 amide bonds. The number of rotatable bonds is 11. The second-order valence-electron chi connectivity index (χ2n) is 8.56. The number of anilines is 1. The van der Waals surface area contributed by atoms with Crippen LogP contribution in [-0.2, 0) is 14.3 Å². The van der Waals surface area contributed by atoms with E-state index in [4.69, 9.17) is 30.5 Å². The number of hydrogen-bond acceptors (Lipinski definition) is 6. The first kappa shape index (κ1) is 27.0. The molecule has 0 aliphatic carbocycles. The van der Waals surface area contributed by atoms with Crippen LogP contribution in [-0.4, -0.2) is 45.4 Å². The molecule has 0 aromatic heterocycles. The number of nitrogens with one attached hydrogen (secondary N) is 1. The standard InChI is InChI=1S/C29H29ClN2O6/c1-19-9-10-23(15-20(19)2)37-13-11-36-12-14-38-27-25(30)17-21(18-26(27)35-3)16-24-28(33)31-32(29(24)34)22-7-5-4-6-8-22/h4-10,15-18H,11-14H2,1-3H3,(H,31,33). The molecule has 1 N–H and O–H groups in total. The first-order valence-electron chi connectivity index (χ1n) is 12.1. The van der Waals surface area contributed by atoms with Crippen LogP contribution < -0.4 is 24.6 Å². The maximum atomic E-state index is 12.8. The summed E-state index contributed by atoms with van der Waals surface area (Å²) in [6, 6.07) is 18.1. The Hall–Kier alpha value is -4.01. The lowest BCUT2D eigenvalue weighted by molar-refractivity contribution is -0.117. The van der Waals surface area contributed by atoms with E-state index in [0.717, 1.165) is 5.75 Å². The summed E-state index contributed by atoms with van der Waals surface area (Å²) >= 11 is 6.46. The number of para-hydroxylation sites is 1. The molecule has 8 nitrogen and oxygen atoms in total. The van der Waals surface area contributed by atoms with Crippen LogP contribution >= 0.6 is 11.6 Å². The number of nitrogens with zero attached hydrogens (tertiary/aromatic N) is 1. The van der Waals surface area contributed by atoms with E-state index in [2.05, 4.69) is 12.3 Å². The van der Waals surface area contributed by atoms with Gasteiger partial charge in [0.1, 0.15) is 24.5 Å². The molecular formula is C29H29ClN2O6. The largest absolute Gasteiger partial charge is 0.493 e. The Morgan fingerprint density at radius 3 is 2.34 bits per heavy atom. The van der Waals surface area contributed by atoms with E-state index in [1.807, 2.05) is 31.2 Å².